The highest BCUT2D eigenvalue weighted by Gasteiger charge is 2.37. The lowest BCUT2D eigenvalue weighted by molar-refractivity contribution is -0.113. The van der Waals surface area contributed by atoms with Gasteiger partial charge in [-0.15, -0.1) is 0 Å². The summed E-state index contributed by atoms with van der Waals surface area (Å²) in [5.74, 6) is 0.915. The summed E-state index contributed by atoms with van der Waals surface area (Å²) in [5.41, 5.74) is 0.834. The monoisotopic (exact) mass is 367 g/mol. The molecule has 0 spiro atoms. The fourth-order valence-electron chi connectivity index (χ4n) is 2.49. The van der Waals surface area contributed by atoms with Gasteiger partial charge in [0.05, 0.1) is 12.0 Å². The molecule has 3 heterocycles. The summed E-state index contributed by atoms with van der Waals surface area (Å²) in [5, 5.41) is 15.9. The summed E-state index contributed by atoms with van der Waals surface area (Å²) in [7, 11) is 1.59. The number of benzene rings is 1. The number of nitrogens with one attached hydrogen (secondary N) is 1. The number of aromatic nitrogens is 3. The van der Waals surface area contributed by atoms with Crippen molar-refractivity contribution in [1.29, 1.82) is 5.41 Å². The van der Waals surface area contributed by atoms with Crippen molar-refractivity contribution in [3.05, 3.63) is 59.3 Å². The number of ether oxygens (including phenoxy) is 1. The van der Waals surface area contributed by atoms with Crippen LogP contribution in [-0.4, -0.2) is 33.1 Å². The van der Waals surface area contributed by atoms with Crippen molar-refractivity contribution in [2.75, 3.05) is 12.0 Å². The number of hydrogen-bond acceptors (Lipinski definition) is 7. The van der Waals surface area contributed by atoms with Crippen LogP contribution in [0.25, 0.3) is 11.9 Å². The quantitative estimate of drug-likeness (QED) is 0.712. The maximum Gasteiger partial charge on any atom is 0.272 e. The number of amides is 1. The number of hydrogen-bond donors (Lipinski definition) is 1. The van der Waals surface area contributed by atoms with Gasteiger partial charge in [-0.1, -0.05) is 12.1 Å². The number of carbonyl (C=O) groups is 1. The second kappa shape index (κ2) is 6.52. The van der Waals surface area contributed by atoms with Gasteiger partial charge in [0.25, 0.3) is 5.91 Å². The van der Waals surface area contributed by atoms with Crippen molar-refractivity contribution in [2.45, 2.75) is 0 Å². The van der Waals surface area contributed by atoms with Crippen molar-refractivity contribution >= 4 is 34.7 Å². The van der Waals surface area contributed by atoms with Gasteiger partial charge in [0.2, 0.25) is 11.6 Å². The molecule has 0 radical (unpaired) electrons. The van der Waals surface area contributed by atoms with E-state index in [1.165, 1.54) is 4.90 Å². The Morgan fingerprint density at radius 1 is 1.15 bits per heavy atom. The van der Waals surface area contributed by atoms with Crippen LogP contribution in [0.15, 0.2) is 58.3 Å². The Balaban J connectivity index is 1.66. The Morgan fingerprint density at radius 3 is 2.54 bits per heavy atom. The van der Waals surface area contributed by atoms with Crippen LogP contribution >= 0.6 is 11.8 Å². The Labute approximate surface area is 152 Å². The molecule has 0 bridgehead atoms. The highest BCUT2D eigenvalue weighted by atomic mass is 32.2. The van der Waals surface area contributed by atoms with E-state index in [-0.39, 0.29) is 16.9 Å². The minimum absolute atomic E-state index is 0.0406. The van der Waals surface area contributed by atoms with Gasteiger partial charge in [-0.25, -0.2) is 9.53 Å². The molecule has 130 valence electrons. The minimum atomic E-state index is -0.347. The Bertz CT molecular complexity index is 992. The summed E-state index contributed by atoms with van der Waals surface area (Å²) < 4.78 is 11.6. The standard InChI is InChI=1S/C17H13N5O3S/c1-24-12-6-4-11(5-7-12)10-13-16(23)22(17(18)26-13)15-14(19-25-20-15)21-8-2-3-9-21/h2-10,18H,1H3/b13-10-,18-17?. The van der Waals surface area contributed by atoms with Crippen LogP contribution < -0.4 is 9.64 Å². The third kappa shape index (κ3) is 2.78. The van der Waals surface area contributed by atoms with Crippen molar-refractivity contribution in [3.8, 4) is 11.6 Å². The highest BCUT2D eigenvalue weighted by molar-refractivity contribution is 8.19. The molecule has 0 saturated carbocycles. The highest BCUT2D eigenvalue weighted by Crippen LogP contribution is 2.36. The van der Waals surface area contributed by atoms with Crippen LogP contribution in [0.4, 0.5) is 5.82 Å². The van der Waals surface area contributed by atoms with Gasteiger partial charge in [-0.2, -0.15) is 0 Å². The first-order chi connectivity index (χ1) is 12.7. The maximum atomic E-state index is 12.8. The largest absolute Gasteiger partial charge is 0.497 e. The number of carbonyl (C=O) groups excluding carboxylic acids is 1. The van der Waals surface area contributed by atoms with Gasteiger partial charge in [0.15, 0.2) is 5.17 Å². The van der Waals surface area contributed by atoms with Crippen LogP contribution in [0.5, 0.6) is 5.75 Å². The Hall–Kier alpha value is -3.33. The summed E-state index contributed by atoms with van der Waals surface area (Å²) in [6.45, 7) is 0. The molecule has 9 heteroatoms. The number of methoxy groups -OCH3 is 1. The maximum absolute atomic E-state index is 12.8. The average Bonchev–Trinajstić information content (AvgIpc) is 3.37. The van der Waals surface area contributed by atoms with E-state index in [0.717, 1.165) is 23.1 Å². The second-order valence-corrected chi connectivity index (χ2v) is 6.36. The van der Waals surface area contributed by atoms with Crippen molar-refractivity contribution in [2.24, 2.45) is 0 Å². The lowest BCUT2D eigenvalue weighted by atomic mass is 10.2. The smallest absolute Gasteiger partial charge is 0.272 e. The summed E-state index contributed by atoms with van der Waals surface area (Å²) >= 11 is 1.06. The molecule has 1 aliphatic heterocycles. The molecule has 2 aromatic heterocycles. The van der Waals surface area contributed by atoms with Gasteiger partial charge in [0, 0.05) is 12.4 Å². The number of rotatable bonds is 4. The van der Waals surface area contributed by atoms with Gasteiger partial charge in [-0.05, 0) is 58.0 Å². The van der Waals surface area contributed by atoms with Gasteiger partial charge in [-0.3, -0.25) is 10.2 Å². The fraction of sp³-hybridized carbons (Fsp3) is 0.0588. The zero-order valence-electron chi connectivity index (χ0n) is 13.6. The Morgan fingerprint density at radius 2 is 1.85 bits per heavy atom. The first-order valence-electron chi connectivity index (χ1n) is 7.60. The predicted octanol–water partition coefficient (Wildman–Crippen LogP) is 2.92. The van der Waals surface area contributed by atoms with Crippen molar-refractivity contribution in [1.82, 2.24) is 14.9 Å². The van der Waals surface area contributed by atoms with E-state index >= 15 is 0 Å². The summed E-state index contributed by atoms with van der Waals surface area (Å²) in [6, 6.07) is 10.9. The normalized spacial score (nSPS) is 15.9. The molecule has 1 saturated heterocycles. The molecule has 1 aliphatic rings. The van der Waals surface area contributed by atoms with Crippen LogP contribution in [0, 0.1) is 5.41 Å². The molecule has 26 heavy (non-hydrogen) atoms. The molecule has 0 aliphatic carbocycles. The molecule has 1 N–H and O–H groups in total. The molecule has 3 aromatic rings. The third-order valence-corrected chi connectivity index (χ3v) is 4.64. The van der Waals surface area contributed by atoms with E-state index in [1.807, 2.05) is 36.4 Å². The molecule has 1 amide bonds. The molecule has 0 atom stereocenters. The minimum Gasteiger partial charge on any atom is -0.497 e. The molecule has 0 unspecified atom stereocenters. The van der Waals surface area contributed by atoms with E-state index < -0.39 is 0 Å². The number of nitrogens with zero attached hydrogens (tertiary/aromatic N) is 4. The number of thioether (sulfide) groups is 1. The second-order valence-electron chi connectivity index (χ2n) is 5.33. The first kappa shape index (κ1) is 16.2. The molecular formula is C17H13N5O3S. The van der Waals surface area contributed by atoms with Crippen LogP contribution in [0.3, 0.4) is 0 Å². The molecule has 1 aromatic carbocycles. The van der Waals surface area contributed by atoms with Crippen molar-refractivity contribution in [3.63, 3.8) is 0 Å². The van der Waals surface area contributed by atoms with Crippen molar-refractivity contribution < 1.29 is 14.2 Å². The summed E-state index contributed by atoms with van der Waals surface area (Å²) in [6.07, 6.45) is 5.24. The number of amidine groups is 1. The topological polar surface area (TPSA) is 97.2 Å². The third-order valence-electron chi connectivity index (χ3n) is 3.75. The van der Waals surface area contributed by atoms with E-state index in [1.54, 1.807) is 30.1 Å². The van der Waals surface area contributed by atoms with Gasteiger partial charge in [0.1, 0.15) is 5.75 Å². The first-order valence-corrected chi connectivity index (χ1v) is 8.41. The van der Waals surface area contributed by atoms with Crippen LogP contribution in [-0.2, 0) is 4.79 Å². The average molecular weight is 367 g/mol. The van der Waals surface area contributed by atoms with E-state index in [2.05, 4.69) is 10.3 Å². The number of anilines is 1. The molecule has 4 rings (SSSR count). The lowest BCUT2D eigenvalue weighted by Gasteiger charge is -2.11. The fourth-order valence-corrected chi connectivity index (χ4v) is 3.33. The molecular weight excluding hydrogens is 354 g/mol. The Kier molecular flexibility index (Phi) is 4.05. The van der Waals surface area contributed by atoms with Gasteiger partial charge >= 0.3 is 0 Å². The molecule has 1 fully saturated rings. The molecule has 8 nitrogen and oxygen atoms in total. The van der Waals surface area contributed by atoms with E-state index in [4.69, 9.17) is 14.8 Å². The zero-order chi connectivity index (χ0) is 18.1. The van der Waals surface area contributed by atoms with Gasteiger partial charge < -0.3 is 9.30 Å². The van der Waals surface area contributed by atoms with Crippen LogP contribution in [0.1, 0.15) is 5.56 Å². The van der Waals surface area contributed by atoms with E-state index in [0.29, 0.717) is 10.7 Å². The van der Waals surface area contributed by atoms with Crippen LogP contribution in [0.2, 0.25) is 0 Å². The predicted molar refractivity (Wildman–Crippen MR) is 97.4 cm³/mol. The lowest BCUT2D eigenvalue weighted by Crippen LogP contribution is -2.29. The zero-order valence-corrected chi connectivity index (χ0v) is 14.4. The SMILES string of the molecule is COc1ccc(/C=C2\SC(=N)N(c3nonc3-n3cccc3)C2=O)cc1. The van der Waals surface area contributed by atoms with E-state index in [9.17, 15) is 4.79 Å². The summed E-state index contributed by atoms with van der Waals surface area (Å²) in [4.78, 5) is 14.4.